The molecule has 11 heteroatoms. The maximum atomic E-state index is 14.5. The van der Waals surface area contributed by atoms with Crippen LogP contribution in [0.3, 0.4) is 0 Å². The number of carbonyl (C=O) groups excluding carboxylic acids is 1. The fourth-order valence-electron chi connectivity index (χ4n) is 3.89. The summed E-state index contributed by atoms with van der Waals surface area (Å²) >= 11 is 1.30. The van der Waals surface area contributed by atoms with Crippen molar-refractivity contribution in [2.24, 2.45) is 5.73 Å². The van der Waals surface area contributed by atoms with Crippen molar-refractivity contribution in [2.75, 3.05) is 6.61 Å². The van der Waals surface area contributed by atoms with E-state index < -0.39 is 36.6 Å². The van der Waals surface area contributed by atoms with Crippen molar-refractivity contribution in [3.05, 3.63) is 57.4 Å². The van der Waals surface area contributed by atoms with Gasteiger partial charge < -0.3 is 15.8 Å². The van der Waals surface area contributed by atoms with Crippen LogP contribution in [0.15, 0.2) is 42.1 Å². The van der Waals surface area contributed by atoms with Crippen molar-refractivity contribution in [3.63, 3.8) is 0 Å². The van der Waals surface area contributed by atoms with Crippen molar-refractivity contribution in [3.8, 4) is 5.75 Å². The van der Waals surface area contributed by atoms with Crippen molar-refractivity contribution in [1.29, 1.82) is 0 Å². The third-order valence-electron chi connectivity index (χ3n) is 5.85. The summed E-state index contributed by atoms with van der Waals surface area (Å²) < 4.78 is 85.4. The number of hydrogen-bond acceptors (Lipinski definition) is 4. The Labute approximate surface area is 203 Å². The Hall–Kier alpha value is -2.69. The number of rotatable bonds is 9. The van der Waals surface area contributed by atoms with Crippen molar-refractivity contribution < 1.29 is 35.9 Å². The van der Waals surface area contributed by atoms with Gasteiger partial charge in [0.1, 0.15) is 11.4 Å². The SMILES string of the molecule is CCc1ccc(C2=C(N)C(=O)N[C@@](c3ccc(OCCCCCC(F)(F)F)cc3)(C(F)(F)F)C2)s1. The van der Waals surface area contributed by atoms with Gasteiger partial charge in [-0.1, -0.05) is 19.1 Å². The molecule has 2 aromatic rings. The van der Waals surface area contributed by atoms with Gasteiger partial charge in [-0.3, -0.25) is 4.79 Å². The van der Waals surface area contributed by atoms with Gasteiger partial charge in [0.05, 0.1) is 6.61 Å². The first-order valence-electron chi connectivity index (χ1n) is 11.1. The molecule has 0 spiro atoms. The lowest BCUT2D eigenvalue weighted by Crippen LogP contribution is -2.59. The molecule has 0 fully saturated rings. The molecule has 4 nitrogen and oxygen atoms in total. The van der Waals surface area contributed by atoms with Gasteiger partial charge >= 0.3 is 12.4 Å². The van der Waals surface area contributed by atoms with Crippen LogP contribution >= 0.6 is 11.3 Å². The number of thiophene rings is 1. The number of aryl methyl sites for hydroxylation is 1. The van der Waals surface area contributed by atoms with Crippen molar-refractivity contribution in [1.82, 2.24) is 5.32 Å². The maximum absolute atomic E-state index is 14.5. The molecule has 2 heterocycles. The Balaban J connectivity index is 1.77. The van der Waals surface area contributed by atoms with Crippen LogP contribution in [0.1, 0.15) is 54.3 Å². The summed E-state index contributed by atoms with van der Waals surface area (Å²) in [5.74, 6) is -0.709. The number of alkyl halides is 6. The topological polar surface area (TPSA) is 64.4 Å². The second-order valence-electron chi connectivity index (χ2n) is 8.34. The number of carbonyl (C=O) groups is 1. The minimum absolute atomic E-state index is 0.0113. The molecule has 1 aromatic heterocycles. The summed E-state index contributed by atoms with van der Waals surface area (Å²) in [6.07, 6.45) is -9.03. The smallest absolute Gasteiger partial charge is 0.416 e. The van der Waals surface area contributed by atoms with Crippen LogP contribution in [0.25, 0.3) is 5.57 Å². The second-order valence-corrected chi connectivity index (χ2v) is 9.51. The summed E-state index contributed by atoms with van der Waals surface area (Å²) in [5.41, 5.74) is 2.98. The minimum atomic E-state index is -4.82. The minimum Gasteiger partial charge on any atom is -0.494 e. The molecule has 1 aliphatic heterocycles. The second kappa shape index (κ2) is 10.5. The predicted molar refractivity (Wildman–Crippen MR) is 122 cm³/mol. The van der Waals surface area contributed by atoms with Gasteiger partial charge in [-0.05, 0) is 55.5 Å². The highest BCUT2D eigenvalue weighted by Crippen LogP contribution is 2.48. The van der Waals surface area contributed by atoms with Crippen LogP contribution in [-0.2, 0) is 16.8 Å². The average molecular weight is 521 g/mol. The molecule has 0 bridgehead atoms. The number of hydrogen-bond donors (Lipinski definition) is 2. The third kappa shape index (κ3) is 6.31. The summed E-state index contributed by atoms with van der Waals surface area (Å²) in [7, 11) is 0. The zero-order valence-corrected chi connectivity index (χ0v) is 19.8. The largest absolute Gasteiger partial charge is 0.494 e. The highest BCUT2D eigenvalue weighted by atomic mass is 32.1. The molecular formula is C24H26F6N2O2S. The Morgan fingerprint density at radius 2 is 1.71 bits per heavy atom. The third-order valence-corrected chi connectivity index (χ3v) is 7.14. The van der Waals surface area contributed by atoms with E-state index >= 15 is 0 Å². The van der Waals surface area contributed by atoms with Crippen LogP contribution < -0.4 is 15.8 Å². The molecule has 3 rings (SSSR count). The Morgan fingerprint density at radius 3 is 2.29 bits per heavy atom. The lowest BCUT2D eigenvalue weighted by atomic mass is 9.79. The molecule has 0 saturated carbocycles. The van der Waals surface area contributed by atoms with Gasteiger partial charge in [0.25, 0.3) is 5.91 Å². The van der Waals surface area contributed by atoms with Crippen LogP contribution in [0, 0.1) is 0 Å². The van der Waals surface area contributed by atoms with Crippen LogP contribution in [0.2, 0.25) is 0 Å². The molecule has 1 atom stereocenters. The summed E-state index contributed by atoms with van der Waals surface area (Å²) in [5, 5.41) is 2.08. The molecule has 0 unspecified atom stereocenters. The van der Waals surface area contributed by atoms with E-state index in [0.717, 1.165) is 4.88 Å². The number of amides is 1. The highest BCUT2D eigenvalue weighted by molar-refractivity contribution is 7.13. The molecular weight excluding hydrogens is 494 g/mol. The van der Waals surface area contributed by atoms with Gasteiger partial charge in [-0.2, -0.15) is 26.3 Å². The quantitative estimate of drug-likeness (QED) is 0.295. The number of halogens is 6. The lowest BCUT2D eigenvalue weighted by molar-refractivity contribution is -0.201. The van der Waals surface area contributed by atoms with E-state index in [4.69, 9.17) is 10.5 Å². The molecule has 1 aliphatic rings. The van der Waals surface area contributed by atoms with E-state index in [2.05, 4.69) is 5.32 Å². The number of unbranched alkanes of at least 4 members (excludes halogenated alkanes) is 2. The molecule has 35 heavy (non-hydrogen) atoms. The van der Waals surface area contributed by atoms with Gasteiger partial charge in [-0.25, -0.2) is 0 Å². The van der Waals surface area contributed by atoms with Crippen LogP contribution in [-0.4, -0.2) is 24.9 Å². The summed E-state index contributed by atoms with van der Waals surface area (Å²) in [6, 6.07) is 8.66. The van der Waals surface area contributed by atoms with Gasteiger partial charge in [0, 0.05) is 28.2 Å². The number of nitrogens with two attached hydrogens (primary N) is 1. The van der Waals surface area contributed by atoms with E-state index in [1.807, 2.05) is 6.92 Å². The first kappa shape index (κ1) is 26.9. The molecule has 0 saturated heterocycles. The van der Waals surface area contributed by atoms with Crippen LogP contribution in [0.5, 0.6) is 5.75 Å². The first-order valence-corrected chi connectivity index (χ1v) is 11.9. The van der Waals surface area contributed by atoms with E-state index in [9.17, 15) is 31.1 Å². The molecule has 0 aliphatic carbocycles. The monoisotopic (exact) mass is 520 g/mol. The first-order chi connectivity index (χ1) is 16.4. The lowest BCUT2D eigenvalue weighted by Gasteiger charge is -2.40. The zero-order valence-electron chi connectivity index (χ0n) is 19.0. The van der Waals surface area contributed by atoms with E-state index in [1.165, 1.54) is 35.6 Å². The van der Waals surface area contributed by atoms with Crippen molar-refractivity contribution >= 4 is 22.8 Å². The molecule has 192 valence electrons. The highest BCUT2D eigenvalue weighted by Gasteiger charge is 2.59. The van der Waals surface area contributed by atoms with Crippen LogP contribution in [0.4, 0.5) is 26.3 Å². The Morgan fingerprint density at radius 1 is 1.03 bits per heavy atom. The van der Waals surface area contributed by atoms with Gasteiger partial charge in [0.15, 0.2) is 5.54 Å². The average Bonchev–Trinajstić information content (AvgIpc) is 3.26. The number of ether oxygens (including phenoxy) is 1. The molecule has 1 amide bonds. The Kier molecular flexibility index (Phi) is 8.08. The standard InChI is InChI=1S/C24H26F6N2O2S/c1-2-17-10-11-19(35-17)18-14-22(24(28,29)30,32-21(33)20(18)31)15-6-8-16(9-7-15)34-13-5-3-4-12-23(25,26)27/h6-11H,2-5,12-14,31H2,1H3,(H,32,33)/t22-/m0/s1. The Bertz CT molecular complexity index is 1060. The number of benzene rings is 1. The fourth-order valence-corrected chi connectivity index (χ4v) is 4.90. The summed E-state index contributed by atoms with van der Waals surface area (Å²) in [4.78, 5) is 14.0. The maximum Gasteiger partial charge on any atom is 0.416 e. The molecule has 3 N–H and O–H groups in total. The number of nitrogens with one attached hydrogen (secondary N) is 1. The van der Waals surface area contributed by atoms with E-state index in [0.29, 0.717) is 24.1 Å². The van der Waals surface area contributed by atoms with Gasteiger partial charge in [-0.15, -0.1) is 11.3 Å². The predicted octanol–water partition coefficient (Wildman–Crippen LogP) is 6.46. The van der Waals surface area contributed by atoms with E-state index in [1.54, 1.807) is 12.1 Å². The van der Waals surface area contributed by atoms with E-state index in [-0.39, 0.29) is 35.6 Å². The normalized spacial score (nSPS) is 19.1. The fraction of sp³-hybridized carbons (Fsp3) is 0.458. The molecule has 0 radical (unpaired) electrons. The zero-order chi connectivity index (χ0) is 25.9. The summed E-state index contributed by atoms with van der Waals surface area (Å²) in [6.45, 7) is 2.06. The van der Waals surface area contributed by atoms with Crippen molar-refractivity contribution in [2.45, 2.75) is 63.3 Å². The molecule has 1 aromatic carbocycles. The van der Waals surface area contributed by atoms with Gasteiger partial charge in [0.2, 0.25) is 0 Å².